The van der Waals surface area contributed by atoms with Crippen LogP contribution in [0.5, 0.6) is 0 Å². The van der Waals surface area contributed by atoms with Crippen molar-refractivity contribution in [3.8, 4) is 0 Å². The van der Waals surface area contributed by atoms with Gasteiger partial charge in [0.05, 0.1) is 18.0 Å². The van der Waals surface area contributed by atoms with Crippen LogP contribution in [-0.2, 0) is 21.2 Å². The van der Waals surface area contributed by atoms with Gasteiger partial charge < -0.3 is 10.1 Å². The maximum Gasteiger partial charge on any atom is 0.233 e. The fraction of sp³-hybridized carbons (Fsp3) is 0.600. The Bertz CT molecular complexity index is 540. The molecule has 0 amide bonds. The van der Waals surface area contributed by atoms with Crippen molar-refractivity contribution in [3.63, 3.8) is 0 Å². The number of piperidine rings is 1. The summed E-state index contributed by atoms with van der Waals surface area (Å²) < 4.78 is 32.5. The molecule has 2 N–H and O–H groups in total. The minimum absolute atomic E-state index is 0.202. The molecular weight excluding hydrogens is 288 g/mol. The van der Waals surface area contributed by atoms with Gasteiger partial charge in [-0.2, -0.15) is 0 Å². The summed E-state index contributed by atoms with van der Waals surface area (Å²) in [4.78, 5) is 0. The molecule has 1 heterocycles. The van der Waals surface area contributed by atoms with E-state index in [1.807, 2.05) is 24.3 Å². The van der Waals surface area contributed by atoms with Crippen molar-refractivity contribution in [2.24, 2.45) is 5.92 Å². The van der Waals surface area contributed by atoms with Crippen molar-refractivity contribution in [2.75, 3.05) is 37.3 Å². The zero-order valence-electron chi connectivity index (χ0n) is 12.5. The summed E-state index contributed by atoms with van der Waals surface area (Å²) in [6, 6.07) is 7.50. The first-order valence-corrected chi connectivity index (χ1v) is 9.04. The van der Waals surface area contributed by atoms with Crippen LogP contribution in [0.15, 0.2) is 24.3 Å². The van der Waals surface area contributed by atoms with Crippen molar-refractivity contribution in [1.29, 1.82) is 0 Å². The molecule has 0 bridgehead atoms. The van der Waals surface area contributed by atoms with Crippen LogP contribution in [0.3, 0.4) is 0 Å². The Labute approximate surface area is 127 Å². The highest BCUT2D eigenvalue weighted by Gasteiger charge is 2.21. The first-order valence-electron chi connectivity index (χ1n) is 7.39. The lowest BCUT2D eigenvalue weighted by Gasteiger charge is -2.23. The van der Waals surface area contributed by atoms with Crippen molar-refractivity contribution >= 4 is 15.7 Å². The lowest BCUT2D eigenvalue weighted by atomic mass is 10.0. The number of hydrogen-bond donors (Lipinski definition) is 2. The van der Waals surface area contributed by atoms with E-state index < -0.39 is 10.0 Å². The molecular formula is C15H24N2O3S. The molecule has 1 saturated heterocycles. The second kappa shape index (κ2) is 7.77. The summed E-state index contributed by atoms with van der Waals surface area (Å²) in [6.45, 7) is 2.39. The third-order valence-electron chi connectivity index (χ3n) is 3.77. The number of rotatable bonds is 7. The molecule has 118 valence electrons. The number of benzene rings is 1. The fourth-order valence-electron chi connectivity index (χ4n) is 2.62. The monoisotopic (exact) mass is 312 g/mol. The van der Waals surface area contributed by atoms with Gasteiger partial charge >= 0.3 is 0 Å². The number of methoxy groups -OCH3 is 1. The second-order valence-electron chi connectivity index (χ2n) is 5.48. The number of nitrogens with one attached hydrogen (secondary N) is 2. The summed E-state index contributed by atoms with van der Waals surface area (Å²) in [6.07, 6.45) is 2.54. The Morgan fingerprint density at radius 2 is 2.00 bits per heavy atom. The van der Waals surface area contributed by atoms with E-state index in [9.17, 15) is 8.42 Å². The van der Waals surface area contributed by atoms with Gasteiger partial charge in [0, 0.05) is 7.11 Å². The number of para-hydroxylation sites is 1. The van der Waals surface area contributed by atoms with Crippen LogP contribution in [0.1, 0.15) is 18.4 Å². The van der Waals surface area contributed by atoms with E-state index in [-0.39, 0.29) is 11.7 Å². The molecule has 1 fully saturated rings. The number of ether oxygens (including phenoxy) is 1. The Morgan fingerprint density at radius 1 is 1.29 bits per heavy atom. The van der Waals surface area contributed by atoms with Crippen molar-refractivity contribution in [3.05, 3.63) is 29.8 Å². The molecule has 0 aromatic heterocycles. The Kier molecular flexibility index (Phi) is 6.02. The standard InChI is InChI=1S/C15H24N2O3S/c1-20-11-8-14-4-2-3-5-15(14)17-21(18,19)12-13-6-9-16-10-7-13/h2-5,13,16-17H,6-12H2,1H3. The van der Waals surface area contributed by atoms with E-state index in [0.29, 0.717) is 18.7 Å². The highest BCUT2D eigenvalue weighted by molar-refractivity contribution is 7.92. The maximum atomic E-state index is 12.3. The van der Waals surface area contributed by atoms with Crippen LogP contribution in [0, 0.1) is 5.92 Å². The second-order valence-corrected chi connectivity index (χ2v) is 7.24. The van der Waals surface area contributed by atoms with Crippen molar-refractivity contribution in [2.45, 2.75) is 19.3 Å². The lowest BCUT2D eigenvalue weighted by Crippen LogP contribution is -2.33. The average Bonchev–Trinajstić information content (AvgIpc) is 2.46. The maximum absolute atomic E-state index is 12.3. The van der Waals surface area contributed by atoms with E-state index in [1.54, 1.807) is 7.11 Å². The van der Waals surface area contributed by atoms with Gasteiger partial charge in [-0.25, -0.2) is 8.42 Å². The average molecular weight is 312 g/mol. The quantitative estimate of drug-likeness (QED) is 0.803. The first kappa shape index (κ1) is 16.3. The van der Waals surface area contributed by atoms with E-state index in [1.165, 1.54) is 0 Å². The van der Waals surface area contributed by atoms with E-state index in [0.717, 1.165) is 31.5 Å². The van der Waals surface area contributed by atoms with E-state index >= 15 is 0 Å². The van der Waals surface area contributed by atoms with E-state index in [2.05, 4.69) is 10.0 Å². The van der Waals surface area contributed by atoms with Gasteiger partial charge in [0.15, 0.2) is 0 Å². The van der Waals surface area contributed by atoms with Gasteiger partial charge in [0.1, 0.15) is 0 Å². The minimum atomic E-state index is -3.30. The Balaban J connectivity index is 2.01. The molecule has 0 saturated carbocycles. The molecule has 1 aromatic carbocycles. The summed E-state index contributed by atoms with van der Waals surface area (Å²) >= 11 is 0. The van der Waals surface area contributed by atoms with Crippen LogP contribution in [0.25, 0.3) is 0 Å². The SMILES string of the molecule is COCCc1ccccc1NS(=O)(=O)CC1CCNCC1. The first-order chi connectivity index (χ1) is 10.1. The predicted molar refractivity (Wildman–Crippen MR) is 85.0 cm³/mol. The fourth-order valence-corrected chi connectivity index (χ4v) is 4.19. The minimum Gasteiger partial charge on any atom is -0.384 e. The van der Waals surface area contributed by atoms with Crippen LogP contribution in [0.2, 0.25) is 0 Å². The van der Waals surface area contributed by atoms with Gasteiger partial charge in [-0.05, 0) is 49.9 Å². The van der Waals surface area contributed by atoms with Gasteiger partial charge in [-0.3, -0.25) is 4.72 Å². The predicted octanol–water partition coefficient (Wildman–Crippen LogP) is 1.62. The lowest BCUT2D eigenvalue weighted by molar-refractivity contribution is 0.202. The molecule has 21 heavy (non-hydrogen) atoms. The van der Waals surface area contributed by atoms with Gasteiger partial charge in [0.2, 0.25) is 10.0 Å². The smallest absolute Gasteiger partial charge is 0.233 e. The molecule has 0 aliphatic carbocycles. The summed E-state index contributed by atoms with van der Waals surface area (Å²) in [5.74, 6) is 0.447. The molecule has 0 radical (unpaired) electrons. The molecule has 1 aliphatic heterocycles. The van der Waals surface area contributed by atoms with Crippen molar-refractivity contribution in [1.82, 2.24) is 5.32 Å². The number of hydrogen-bond acceptors (Lipinski definition) is 4. The molecule has 0 spiro atoms. The summed E-state index contributed by atoms with van der Waals surface area (Å²) in [7, 11) is -1.66. The largest absolute Gasteiger partial charge is 0.384 e. The molecule has 0 atom stereocenters. The zero-order chi connectivity index (χ0) is 15.1. The third-order valence-corrected chi connectivity index (χ3v) is 5.21. The van der Waals surface area contributed by atoms with Gasteiger partial charge in [-0.1, -0.05) is 18.2 Å². The third kappa shape index (κ3) is 5.30. The Hall–Kier alpha value is -1.11. The molecule has 2 rings (SSSR count). The van der Waals surface area contributed by atoms with Gasteiger partial charge in [-0.15, -0.1) is 0 Å². The molecule has 0 unspecified atom stereocenters. The van der Waals surface area contributed by atoms with Crippen LogP contribution in [0.4, 0.5) is 5.69 Å². The molecule has 1 aliphatic rings. The molecule has 1 aromatic rings. The number of sulfonamides is 1. The highest BCUT2D eigenvalue weighted by atomic mass is 32.2. The number of anilines is 1. The van der Waals surface area contributed by atoms with Crippen LogP contribution < -0.4 is 10.0 Å². The molecule has 5 nitrogen and oxygen atoms in total. The zero-order valence-corrected chi connectivity index (χ0v) is 13.3. The van der Waals surface area contributed by atoms with Gasteiger partial charge in [0.25, 0.3) is 0 Å². The normalized spacial score (nSPS) is 16.8. The summed E-state index contributed by atoms with van der Waals surface area (Å²) in [5, 5.41) is 3.25. The van der Waals surface area contributed by atoms with Crippen LogP contribution in [-0.4, -0.2) is 41.0 Å². The highest BCUT2D eigenvalue weighted by Crippen LogP contribution is 2.20. The van der Waals surface area contributed by atoms with Crippen molar-refractivity contribution < 1.29 is 13.2 Å². The Morgan fingerprint density at radius 3 is 2.71 bits per heavy atom. The summed E-state index contributed by atoms with van der Waals surface area (Å²) in [5.41, 5.74) is 1.64. The topological polar surface area (TPSA) is 67.4 Å². The molecule has 6 heteroatoms. The van der Waals surface area contributed by atoms with E-state index in [4.69, 9.17) is 4.74 Å². The van der Waals surface area contributed by atoms with Crippen LogP contribution >= 0.6 is 0 Å².